The zero-order valence-corrected chi connectivity index (χ0v) is 14.7. The van der Waals surface area contributed by atoms with Crippen LogP contribution in [-0.4, -0.2) is 62.8 Å². The van der Waals surface area contributed by atoms with E-state index in [0.717, 1.165) is 63.9 Å². The SMILES string of the molecule is CCNC(=NCC(C)N1CCOCC1)NCCc1ccc(F)cc1. The van der Waals surface area contributed by atoms with Crippen molar-refractivity contribution in [2.45, 2.75) is 26.3 Å². The van der Waals surface area contributed by atoms with Crippen LogP contribution in [0.1, 0.15) is 19.4 Å². The van der Waals surface area contributed by atoms with Crippen LogP contribution in [-0.2, 0) is 11.2 Å². The fourth-order valence-electron chi connectivity index (χ4n) is 2.68. The second-order valence-corrected chi connectivity index (χ2v) is 6.02. The van der Waals surface area contributed by atoms with Crippen LogP contribution in [0.15, 0.2) is 29.3 Å². The topological polar surface area (TPSA) is 48.9 Å². The summed E-state index contributed by atoms with van der Waals surface area (Å²) in [5.74, 6) is 0.637. The third-order valence-electron chi connectivity index (χ3n) is 4.15. The molecule has 24 heavy (non-hydrogen) atoms. The lowest BCUT2D eigenvalue weighted by Crippen LogP contribution is -2.44. The lowest BCUT2D eigenvalue weighted by atomic mass is 10.1. The molecule has 1 unspecified atom stereocenters. The molecule has 0 amide bonds. The van der Waals surface area contributed by atoms with Gasteiger partial charge in [0.05, 0.1) is 19.8 Å². The maximum Gasteiger partial charge on any atom is 0.191 e. The molecule has 0 bridgehead atoms. The van der Waals surface area contributed by atoms with Gasteiger partial charge in [0.15, 0.2) is 5.96 Å². The van der Waals surface area contributed by atoms with Crippen molar-refractivity contribution in [2.24, 2.45) is 4.99 Å². The molecule has 5 nitrogen and oxygen atoms in total. The highest BCUT2D eigenvalue weighted by atomic mass is 19.1. The van der Waals surface area contributed by atoms with Gasteiger partial charge in [-0.2, -0.15) is 0 Å². The highest BCUT2D eigenvalue weighted by Crippen LogP contribution is 2.04. The third-order valence-corrected chi connectivity index (χ3v) is 4.15. The van der Waals surface area contributed by atoms with Crippen LogP contribution in [0, 0.1) is 5.82 Å². The van der Waals surface area contributed by atoms with Crippen LogP contribution in [0.25, 0.3) is 0 Å². The van der Waals surface area contributed by atoms with Crippen molar-refractivity contribution in [1.82, 2.24) is 15.5 Å². The number of hydrogen-bond donors (Lipinski definition) is 2. The van der Waals surface area contributed by atoms with E-state index in [9.17, 15) is 4.39 Å². The molecule has 0 spiro atoms. The van der Waals surface area contributed by atoms with Gasteiger partial charge in [0.2, 0.25) is 0 Å². The van der Waals surface area contributed by atoms with Gasteiger partial charge in [-0.1, -0.05) is 12.1 Å². The lowest BCUT2D eigenvalue weighted by molar-refractivity contribution is 0.0220. The normalized spacial score (nSPS) is 17.5. The van der Waals surface area contributed by atoms with Crippen molar-refractivity contribution in [1.29, 1.82) is 0 Å². The number of nitrogens with zero attached hydrogens (tertiary/aromatic N) is 2. The number of morpholine rings is 1. The molecule has 1 aliphatic heterocycles. The first kappa shape index (κ1) is 18.7. The molecule has 2 rings (SSSR count). The summed E-state index contributed by atoms with van der Waals surface area (Å²) < 4.78 is 18.3. The molecule has 1 aliphatic rings. The Hall–Kier alpha value is -1.66. The summed E-state index contributed by atoms with van der Waals surface area (Å²) in [5.41, 5.74) is 1.11. The van der Waals surface area contributed by atoms with Gasteiger partial charge in [0.1, 0.15) is 5.82 Å². The predicted octanol–water partition coefficient (Wildman–Crippen LogP) is 1.64. The Morgan fingerprint density at radius 3 is 2.62 bits per heavy atom. The molecule has 0 saturated carbocycles. The molecule has 0 radical (unpaired) electrons. The van der Waals surface area contributed by atoms with Crippen LogP contribution >= 0.6 is 0 Å². The summed E-state index contributed by atoms with van der Waals surface area (Å²) in [5, 5.41) is 6.62. The van der Waals surface area contributed by atoms with E-state index < -0.39 is 0 Å². The number of rotatable bonds is 7. The first-order valence-corrected chi connectivity index (χ1v) is 8.77. The van der Waals surface area contributed by atoms with Gasteiger partial charge in [-0.25, -0.2) is 4.39 Å². The van der Waals surface area contributed by atoms with Gasteiger partial charge in [-0.3, -0.25) is 9.89 Å². The summed E-state index contributed by atoms with van der Waals surface area (Å²) in [4.78, 5) is 7.10. The van der Waals surface area contributed by atoms with Crippen molar-refractivity contribution in [2.75, 3.05) is 45.9 Å². The van der Waals surface area contributed by atoms with E-state index in [1.165, 1.54) is 12.1 Å². The Balaban J connectivity index is 1.78. The lowest BCUT2D eigenvalue weighted by Gasteiger charge is -2.31. The average Bonchev–Trinajstić information content (AvgIpc) is 2.62. The van der Waals surface area contributed by atoms with Gasteiger partial charge in [-0.15, -0.1) is 0 Å². The number of halogens is 1. The van der Waals surface area contributed by atoms with Crippen molar-refractivity contribution < 1.29 is 9.13 Å². The van der Waals surface area contributed by atoms with Crippen LogP contribution in [0.2, 0.25) is 0 Å². The molecule has 1 heterocycles. The van der Waals surface area contributed by atoms with Crippen molar-refractivity contribution in [3.8, 4) is 0 Å². The second-order valence-electron chi connectivity index (χ2n) is 6.02. The Morgan fingerprint density at radius 2 is 1.96 bits per heavy atom. The molecular formula is C18H29FN4O. The third kappa shape index (κ3) is 6.45. The number of ether oxygens (including phenoxy) is 1. The summed E-state index contributed by atoms with van der Waals surface area (Å²) in [6.45, 7) is 10.2. The van der Waals surface area contributed by atoms with E-state index in [4.69, 9.17) is 4.74 Å². The molecule has 1 saturated heterocycles. The monoisotopic (exact) mass is 336 g/mol. The minimum atomic E-state index is -0.196. The Bertz CT molecular complexity index is 500. The Kier molecular flexibility index (Phi) is 7.98. The minimum absolute atomic E-state index is 0.196. The van der Waals surface area contributed by atoms with E-state index >= 15 is 0 Å². The molecule has 1 aromatic rings. The van der Waals surface area contributed by atoms with Gasteiger partial charge in [-0.05, 0) is 38.0 Å². The summed E-state index contributed by atoms with van der Waals surface area (Å²) >= 11 is 0. The number of aliphatic imine (C=N–C) groups is 1. The van der Waals surface area contributed by atoms with E-state index in [0.29, 0.717) is 6.04 Å². The second kappa shape index (κ2) is 10.3. The number of guanidine groups is 1. The van der Waals surface area contributed by atoms with Crippen LogP contribution in [0.3, 0.4) is 0 Å². The van der Waals surface area contributed by atoms with Crippen molar-refractivity contribution in [3.05, 3.63) is 35.6 Å². The van der Waals surface area contributed by atoms with Gasteiger partial charge >= 0.3 is 0 Å². The van der Waals surface area contributed by atoms with E-state index in [-0.39, 0.29) is 5.82 Å². The van der Waals surface area contributed by atoms with Gasteiger partial charge in [0.25, 0.3) is 0 Å². The smallest absolute Gasteiger partial charge is 0.191 e. The van der Waals surface area contributed by atoms with Crippen molar-refractivity contribution in [3.63, 3.8) is 0 Å². The van der Waals surface area contributed by atoms with Gasteiger partial charge in [0, 0.05) is 32.2 Å². The van der Waals surface area contributed by atoms with Gasteiger partial charge < -0.3 is 15.4 Å². The molecule has 0 aliphatic carbocycles. The fraction of sp³-hybridized carbons (Fsp3) is 0.611. The zero-order valence-electron chi connectivity index (χ0n) is 14.7. The number of benzene rings is 1. The standard InChI is InChI=1S/C18H29FN4O/c1-3-20-18(21-9-8-16-4-6-17(19)7-5-16)22-14-15(2)23-10-12-24-13-11-23/h4-7,15H,3,8-14H2,1-2H3,(H2,20,21,22). The molecule has 6 heteroatoms. The average molecular weight is 336 g/mol. The Labute approximate surface area is 144 Å². The molecule has 1 fully saturated rings. The maximum absolute atomic E-state index is 12.9. The zero-order chi connectivity index (χ0) is 17.2. The first-order valence-electron chi connectivity index (χ1n) is 8.77. The summed E-state index contributed by atoms with van der Waals surface area (Å²) in [6.07, 6.45) is 0.837. The highest BCUT2D eigenvalue weighted by Gasteiger charge is 2.16. The minimum Gasteiger partial charge on any atom is -0.379 e. The van der Waals surface area contributed by atoms with E-state index in [1.807, 2.05) is 12.1 Å². The van der Waals surface area contributed by atoms with Crippen LogP contribution < -0.4 is 10.6 Å². The molecule has 1 aromatic carbocycles. The molecular weight excluding hydrogens is 307 g/mol. The molecule has 134 valence electrons. The number of nitrogens with one attached hydrogen (secondary N) is 2. The molecule has 1 atom stereocenters. The number of hydrogen-bond acceptors (Lipinski definition) is 3. The summed E-state index contributed by atoms with van der Waals surface area (Å²) in [7, 11) is 0. The predicted molar refractivity (Wildman–Crippen MR) is 95.9 cm³/mol. The Morgan fingerprint density at radius 1 is 1.25 bits per heavy atom. The van der Waals surface area contributed by atoms with Crippen LogP contribution in [0.5, 0.6) is 0 Å². The fourth-order valence-corrected chi connectivity index (χ4v) is 2.68. The quantitative estimate of drug-likeness (QED) is 0.587. The first-order chi connectivity index (χ1) is 11.7. The molecule has 2 N–H and O–H groups in total. The highest BCUT2D eigenvalue weighted by molar-refractivity contribution is 5.79. The van der Waals surface area contributed by atoms with E-state index in [1.54, 1.807) is 0 Å². The summed E-state index contributed by atoms with van der Waals surface area (Å²) in [6, 6.07) is 7.04. The molecule has 0 aromatic heterocycles. The maximum atomic E-state index is 12.9. The van der Waals surface area contributed by atoms with E-state index in [2.05, 4.69) is 34.4 Å². The van der Waals surface area contributed by atoms with Crippen molar-refractivity contribution >= 4 is 5.96 Å². The largest absolute Gasteiger partial charge is 0.379 e. The van der Waals surface area contributed by atoms with Crippen LogP contribution in [0.4, 0.5) is 4.39 Å².